The van der Waals surface area contributed by atoms with E-state index in [0.29, 0.717) is 5.88 Å². The van der Waals surface area contributed by atoms with Gasteiger partial charge in [0, 0.05) is 18.0 Å². The minimum atomic E-state index is 0.0687. The highest BCUT2D eigenvalue weighted by atomic mass is 32.1. The van der Waals surface area contributed by atoms with E-state index in [-0.39, 0.29) is 12.5 Å². The third-order valence-electron chi connectivity index (χ3n) is 5.10. The second kappa shape index (κ2) is 6.67. The molecule has 0 radical (unpaired) electrons. The zero-order chi connectivity index (χ0) is 16.5. The Labute approximate surface area is 146 Å². The van der Waals surface area contributed by atoms with E-state index < -0.39 is 0 Å². The molecule has 1 atom stereocenters. The van der Waals surface area contributed by atoms with Crippen molar-refractivity contribution in [1.82, 2.24) is 14.9 Å². The lowest BCUT2D eigenvalue weighted by molar-refractivity contribution is -0.134. The van der Waals surface area contributed by atoms with E-state index in [1.807, 2.05) is 4.90 Å². The first-order chi connectivity index (χ1) is 11.7. The zero-order valence-corrected chi connectivity index (χ0v) is 14.9. The Morgan fingerprint density at radius 2 is 2.17 bits per heavy atom. The fourth-order valence-corrected chi connectivity index (χ4v) is 5.06. The first-order valence-corrected chi connectivity index (χ1v) is 9.70. The van der Waals surface area contributed by atoms with Crippen molar-refractivity contribution >= 4 is 27.5 Å². The van der Waals surface area contributed by atoms with Gasteiger partial charge in [-0.05, 0) is 50.0 Å². The summed E-state index contributed by atoms with van der Waals surface area (Å²) in [7, 11) is 0. The van der Waals surface area contributed by atoms with Crippen LogP contribution in [0.3, 0.4) is 0 Å². The van der Waals surface area contributed by atoms with Crippen molar-refractivity contribution in [2.75, 3.05) is 19.7 Å². The Balaban J connectivity index is 1.55. The van der Waals surface area contributed by atoms with E-state index in [1.54, 1.807) is 17.7 Å². The molecule has 0 saturated carbocycles. The van der Waals surface area contributed by atoms with E-state index in [9.17, 15) is 4.79 Å². The van der Waals surface area contributed by atoms with Crippen LogP contribution in [0.1, 0.15) is 43.0 Å². The molecule has 1 aliphatic heterocycles. The van der Waals surface area contributed by atoms with Crippen LogP contribution < -0.4 is 4.74 Å². The molecule has 2 aromatic heterocycles. The minimum Gasteiger partial charge on any atom is -0.467 e. The van der Waals surface area contributed by atoms with Crippen LogP contribution in [0, 0.1) is 5.92 Å². The number of thiophene rings is 1. The number of carbonyl (C=O) groups excluding carboxylic acids is 1. The Morgan fingerprint density at radius 1 is 1.33 bits per heavy atom. The van der Waals surface area contributed by atoms with Crippen molar-refractivity contribution < 1.29 is 9.53 Å². The minimum absolute atomic E-state index is 0.0687. The van der Waals surface area contributed by atoms with Crippen molar-refractivity contribution in [1.29, 1.82) is 0 Å². The number of rotatable bonds is 3. The van der Waals surface area contributed by atoms with Gasteiger partial charge in [0.25, 0.3) is 5.91 Å². The number of ether oxygens (including phenoxy) is 1. The zero-order valence-electron chi connectivity index (χ0n) is 14.1. The van der Waals surface area contributed by atoms with Gasteiger partial charge >= 0.3 is 0 Å². The Kier molecular flexibility index (Phi) is 4.39. The van der Waals surface area contributed by atoms with E-state index >= 15 is 0 Å². The topological polar surface area (TPSA) is 55.3 Å². The third kappa shape index (κ3) is 2.99. The van der Waals surface area contributed by atoms with E-state index in [2.05, 4.69) is 16.9 Å². The Bertz CT molecular complexity index is 752. The Morgan fingerprint density at radius 3 is 3.00 bits per heavy atom. The molecule has 4 rings (SSSR count). The molecule has 2 aliphatic rings. The van der Waals surface area contributed by atoms with E-state index in [1.165, 1.54) is 23.3 Å². The second-order valence-electron chi connectivity index (χ2n) is 6.94. The van der Waals surface area contributed by atoms with Crippen LogP contribution in [-0.2, 0) is 17.6 Å². The van der Waals surface area contributed by atoms with Crippen molar-refractivity contribution in [2.45, 2.75) is 45.4 Å². The van der Waals surface area contributed by atoms with Gasteiger partial charge in [-0.2, -0.15) is 0 Å². The van der Waals surface area contributed by atoms with Crippen LogP contribution in [0.2, 0.25) is 0 Å². The molecule has 128 valence electrons. The molecule has 1 fully saturated rings. The second-order valence-corrected chi connectivity index (χ2v) is 8.02. The van der Waals surface area contributed by atoms with Crippen LogP contribution in [0.15, 0.2) is 6.33 Å². The molecule has 0 aromatic carbocycles. The summed E-state index contributed by atoms with van der Waals surface area (Å²) in [5.41, 5.74) is 1.34. The molecule has 5 nitrogen and oxygen atoms in total. The summed E-state index contributed by atoms with van der Waals surface area (Å²) in [5, 5.41) is 1.04. The predicted molar refractivity (Wildman–Crippen MR) is 94.5 cm³/mol. The number of aromatic nitrogens is 2. The summed E-state index contributed by atoms with van der Waals surface area (Å²) in [6.07, 6.45) is 8.33. The maximum Gasteiger partial charge on any atom is 0.260 e. The quantitative estimate of drug-likeness (QED) is 0.857. The molecule has 6 heteroatoms. The SMILES string of the molecule is C[C@H]1CCc2c(sc3ncnc(OCC(=O)N4CCCCC4)c23)C1. The summed E-state index contributed by atoms with van der Waals surface area (Å²) in [6, 6.07) is 0. The van der Waals surface area contributed by atoms with Crippen LogP contribution >= 0.6 is 11.3 Å². The third-order valence-corrected chi connectivity index (χ3v) is 6.26. The van der Waals surface area contributed by atoms with Gasteiger partial charge in [-0.1, -0.05) is 6.92 Å². The van der Waals surface area contributed by atoms with Gasteiger partial charge in [-0.25, -0.2) is 9.97 Å². The number of hydrogen-bond acceptors (Lipinski definition) is 5. The molecule has 0 spiro atoms. The van der Waals surface area contributed by atoms with Crippen molar-refractivity contribution in [2.24, 2.45) is 5.92 Å². The number of likely N-dealkylation sites (tertiary alicyclic amines) is 1. The summed E-state index contributed by atoms with van der Waals surface area (Å²) < 4.78 is 5.85. The summed E-state index contributed by atoms with van der Waals surface area (Å²) in [5.74, 6) is 1.38. The summed E-state index contributed by atoms with van der Waals surface area (Å²) >= 11 is 1.75. The lowest BCUT2D eigenvalue weighted by Gasteiger charge is -2.26. The molecule has 2 aromatic rings. The standard InChI is InChI=1S/C18H23N3O2S/c1-12-5-6-13-14(9-12)24-18-16(13)17(19-11-20-18)23-10-15(22)21-7-3-2-4-8-21/h11-12H,2-10H2,1H3/t12-/m0/s1. The summed E-state index contributed by atoms with van der Waals surface area (Å²) in [4.78, 5) is 25.4. The normalized spacial score (nSPS) is 20.9. The molecule has 0 unspecified atom stereocenters. The highest BCUT2D eigenvalue weighted by Gasteiger charge is 2.24. The fraction of sp³-hybridized carbons (Fsp3) is 0.611. The number of fused-ring (bicyclic) bond motifs is 3. The number of hydrogen-bond donors (Lipinski definition) is 0. The average Bonchev–Trinajstić information content (AvgIpc) is 2.98. The molecule has 24 heavy (non-hydrogen) atoms. The average molecular weight is 345 g/mol. The number of amides is 1. The highest BCUT2D eigenvalue weighted by molar-refractivity contribution is 7.18. The van der Waals surface area contributed by atoms with Crippen molar-refractivity contribution in [3.63, 3.8) is 0 Å². The Hall–Kier alpha value is -1.69. The van der Waals surface area contributed by atoms with Crippen molar-refractivity contribution in [3.8, 4) is 5.88 Å². The molecule has 0 bridgehead atoms. The van der Waals surface area contributed by atoms with E-state index in [0.717, 1.165) is 54.9 Å². The van der Waals surface area contributed by atoms with Gasteiger partial charge in [-0.3, -0.25) is 4.79 Å². The molecule has 1 aliphatic carbocycles. The molecular formula is C18H23N3O2S. The van der Waals surface area contributed by atoms with Crippen LogP contribution in [-0.4, -0.2) is 40.5 Å². The highest BCUT2D eigenvalue weighted by Crippen LogP contribution is 2.40. The van der Waals surface area contributed by atoms with Gasteiger partial charge in [0.2, 0.25) is 5.88 Å². The predicted octanol–water partition coefficient (Wildman–Crippen LogP) is 3.21. The molecular weight excluding hydrogens is 322 g/mol. The number of aryl methyl sites for hydroxylation is 1. The number of carbonyl (C=O) groups is 1. The lowest BCUT2D eigenvalue weighted by Crippen LogP contribution is -2.38. The van der Waals surface area contributed by atoms with Crippen LogP contribution in [0.25, 0.3) is 10.2 Å². The molecule has 3 heterocycles. The first kappa shape index (κ1) is 15.8. The fourth-order valence-electron chi connectivity index (χ4n) is 3.72. The first-order valence-electron chi connectivity index (χ1n) is 8.88. The van der Waals surface area contributed by atoms with Gasteiger partial charge in [-0.15, -0.1) is 11.3 Å². The van der Waals surface area contributed by atoms with Gasteiger partial charge in [0.1, 0.15) is 11.2 Å². The molecule has 1 amide bonds. The maximum atomic E-state index is 12.3. The van der Waals surface area contributed by atoms with Gasteiger partial charge in [0.15, 0.2) is 6.61 Å². The van der Waals surface area contributed by atoms with E-state index in [4.69, 9.17) is 4.74 Å². The molecule has 0 N–H and O–H groups in total. The molecule has 1 saturated heterocycles. The largest absolute Gasteiger partial charge is 0.467 e. The lowest BCUT2D eigenvalue weighted by atomic mass is 9.89. The van der Waals surface area contributed by atoms with Crippen molar-refractivity contribution in [3.05, 3.63) is 16.8 Å². The maximum absolute atomic E-state index is 12.3. The van der Waals surface area contributed by atoms with Crippen LogP contribution in [0.5, 0.6) is 5.88 Å². The van der Waals surface area contributed by atoms with Gasteiger partial charge < -0.3 is 9.64 Å². The van der Waals surface area contributed by atoms with Crippen LogP contribution in [0.4, 0.5) is 0 Å². The summed E-state index contributed by atoms with van der Waals surface area (Å²) in [6.45, 7) is 4.08. The van der Waals surface area contributed by atoms with Gasteiger partial charge in [0.05, 0.1) is 5.39 Å². The monoisotopic (exact) mass is 345 g/mol. The smallest absolute Gasteiger partial charge is 0.260 e. The number of piperidine rings is 1. The number of nitrogens with zero attached hydrogens (tertiary/aromatic N) is 3.